The van der Waals surface area contributed by atoms with Crippen molar-refractivity contribution < 1.29 is 8.78 Å². The van der Waals surface area contributed by atoms with Crippen LogP contribution in [0.3, 0.4) is 0 Å². The van der Waals surface area contributed by atoms with Gasteiger partial charge in [-0.15, -0.1) is 0 Å². The van der Waals surface area contributed by atoms with Crippen LogP contribution in [0.5, 0.6) is 0 Å². The maximum absolute atomic E-state index is 13.5. The van der Waals surface area contributed by atoms with Gasteiger partial charge < -0.3 is 5.32 Å². The molecule has 1 aliphatic heterocycles. The molecule has 2 heterocycles. The molecule has 0 amide bonds. The van der Waals surface area contributed by atoms with E-state index in [4.69, 9.17) is 0 Å². The lowest BCUT2D eigenvalue weighted by Gasteiger charge is -2.25. The second-order valence-corrected chi connectivity index (χ2v) is 5.77. The lowest BCUT2D eigenvalue weighted by atomic mass is 9.85. The number of hydrogen-bond acceptors (Lipinski definition) is 3. The van der Waals surface area contributed by atoms with Gasteiger partial charge in [0.2, 0.25) is 5.95 Å². The van der Waals surface area contributed by atoms with Crippen LogP contribution in [-0.2, 0) is 0 Å². The Labute approximate surface area is 121 Å². The van der Waals surface area contributed by atoms with E-state index in [-0.39, 0.29) is 6.04 Å². The van der Waals surface area contributed by atoms with Crippen LogP contribution in [0.25, 0.3) is 0 Å². The second kappa shape index (κ2) is 4.79. The molecular weight excluding hydrogens is 274 g/mol. The van der Waals surface area contributed by atoms with Crippen molar-refractivity contribution in [1.29, 1.82) is 0 Å². The molecule has 2 aliphatic rings. The van der Waals surface area contributed by atoms with Gasteiger partial charge in [0.25, 0.3) is 0 Å². The maximum atomic E-state index is 13.5. The second-order valence-electron chi connectivity index (χ2n) is 5.77. The number of nitrogens with zero attached hydrogens (tertiary/aromatic N) is 3. The summed E-state index contributed by atoms with van der Waals surface area (Å²) in [4.78, 5) is 4.56. The van der Waals surface area contributed by atoms with E-state index in [0.717, 1.165) is 43.1 Å². The average Bonchev–Trinajstić information content (AvgIpc) is 2.83. The number of rotatable bonds is 2. The number of aromatic nitrogens is 3. The summed E-state index contributed by atoms with van der Waals surface area (Å²) in [6, 6.07) is 3.98. The molecule has 1 fully saturated rings. The highest BCUT2D eigenvalue weighted by Crippen LogP contribution is 2.37. The van der Waals surface area contributed by atoms with Crippen molar-refractivity contribution in [2.75, 3.05) is 11.9 Å². The van der Waals surface area contributed by atoms with Crippen molar-refractivity contribution in [3.63, 3.8) is 0 Å². The lowest BCUT2D eigenvalue weighted by molar-refractivity contribution is 0.393. The third-order valence-electron chi connectivity index (χ3n) is 4.44. The van der Waals surface area contributed by atoms with Crippen molar-refractivity contribution in [3.05, 3.63) is 41.2 Å². The number of fused-ring (bicyclic) bond motifs is 1. The number of halogens is 2. The minimum Gasteiger partial charge on any atom is -0.354 e. The zero-order chi connectivity index (χ0) is 14.4. The van der Waals surface area contributed by atoms with Crippen LogP contribution < -0.4 is 5.32 Å². The Bertz CT molecular complexity index is 678. The molecule has 1 aromatic heterocycles. The monoisotopic (exact) mass is 290 g/mol. The van der Waals surface area contributed by atoms with Gasteiger partial charge in [-0.3, -0.25) is 0 Å². The molecule has 21 heavy (non-hydrogen) atoms. The minimum absolute atomic E-state index is 0.0855. The highest BCUT2D eigenvalue weighted by Gasteiger charge is 2.29. The van der Waals surface area contributed by atoms with E-state index in [0.29, 0.717) is 5.92 Å². The fourth-order valence-electron chi connectivity index (χ4n) is 2.99. The largest absolute Gasteiger partial charge is 0.354 e. The van der Waals surface area contributed by atoms with Crippen molar-refractivity contribution in [3.8, 4) is 0 Å². The molecule has 1 unspecified atom stereocenters. The fraction of sp³-hybridized carbons (Fsp3) is 0.467. The molecule has 1 saturated carbocycles. The predicted molar refractivity (Wildman–Crippen MR) is 74.2 cm³/mol. The number of benzene rings is 1. The van der Waals surface area contributed by atoms with Crippen LogP contribution in [0.2, 0.25) is 0 Å². The van der Waals surface area contributed by atoms with Gasteiger partial charge >= 0.3 is 0 Å². The van der Waals surface area contributed by atoms with Gasteiger partial charge in [0.1, 0.15) is 0 Å². The quantitative estimate of drug-likeness (QED) is 0.923. The van der Waals surface area contributed by atoms with Crippen molar-refractivity contribution >= 4 is 5.95 Å². The molecule has 4 nitrogen and oxygen atoms in total. The Hall–Kier alpha value is -1.98. The van der Waals surface area contributed by atoms with Crippen LogP contribution in [0, 0.1) is 11.6 Å². The van der Waals surface area contributed by atoms with Gasteiger partial charge in [-0.2, -0.15) is 10.1 Å². The Morgan fingerprint density at radius 3 is 2.71 bits per heavy atom. The molecule has 6 heteroatoms. The smallest absolute Gasteiger partial charge is 0.221 e. The summed E-state index contributed by atoms with van der Waals surface area (Å²) in [6.45, 7) is 0.756. The maximum Gasteiger partial charge on any atom is 0.221 e. The van der Waals surface area contributed by atoms with E-state index >= 15 is 0 Å². The first-order chi connectivity index (χ1) is 10.2. The molecule has 1 aromatic carbocycles. The van der Waals surface area contributed by atoms with Crippen LogP contribution in [0.15, 0.2) is 18.2 Å². The molecule has 4 rings (SSSR count). The van der Waals surface area contributed by atoms with Gasteiger partial charge in [0.05, 0.1) is 6.04 Å². The number of nitrogens with one attached hydrogen (secondary N) is 1. The van der Waals surface area contributed by atoms with Crippen LogP contribution in [0.4, 0.5) is 14.7 Å². The topological polar surface area (TPSA) is 42.7 Å². The molecule has 2 aromatic rings. The first-order valence-electron chi connectivity index (χ1n) is 7.37. The summed E-state index contributed by atoms with van der Waals surface area (Å²) in [5, 5.41) is 7.84. The van der Waals surface area contributed by atoms with Crippen molar-refractivity contribution in [1.82, 2.24) is 14.8 Å². The standard InChI is InChI=1S/C15H16F2N4/c16-11-5-4-10(8-12(11)17)13-6-7-18-15-19-14(20-21(13)15)9-2-1-3-9/h4-5,8-9,13H,1-3,6-7H2,(H,18,19,20). The number of anilines is 1. The summed E-state index contributed by atoms with van der Waals surface area (Å²) in [6.07, 6.45) is 4.29. The molecule has 110 valence electrons. The summed E-state index contributed by atoms with van der Waals surface area (Å²) in [7, 11) is 0. The molecule has 0 bridgehead atoms. The fourth-order valence-corrected chi connectivity index (χ4v) is 2.99. The molecule has 0 radical (unpaired) electrons. The molecular formula is C15H16F2N4. The van der Waals surface area contributed by atoms with Gasteiger partial charge in [0.15, 0.2) is 17.5 Å². The first-order valence-corrected chi connectivity index (χ1v) is 7.37. The zero-order valence-electron chi connectivity index (χ0n) is 11.5. The molecule has 1 atom stereocenters. The SMILES string of the molecule is Fc1ccc(C2CCNc3nc(C4CCC4)nn32)cc1F. The zero-order valence-corrected chi connectivity index (χ0v) is 11.5. The Morgan fingerprint density at radius 1 is 1.14 bits per heavy atom. The highest BCUT2D eigenvalue weighted by molar-refractivity contribution is 5.33. The summed E-state index contributed by atoms with van der Waals surface area (Å²) in [5.74, 6) is 0.431. The van der Waals surface area contributed by atoms with E-state index < -0.39 is 11.6 Å². The molecule has 0 spiro atoms. The molecule has 1 aliphatic carbocycles. The van der Waals surface area contributed by atoms with E-state index in [9.17, 15) is 8.78 Å². The van der Waals surface area contributed by atoms with E-state index in [2.05, 4.69) is 15.4 Å². The highest BCUT2D eigenvalue weighted by atomic mass is 19.2. The Kier molecular flexibility index (Phi) is 2.90. The van der Waals surface area contributed by atoms with Gasteiger partial charge in [-0.25, -0.2) is 13.5 Å². The van der Waals surface area contributed by atoms with Crippen LogP contribution in [0.1, 0.15) is 49.0 Å². The molecule has 1 N–H and O–H groups in total. The Balaban J connectivity index is 1.71. The predicted octanol–water partition coefficient (Wildman–Crippen LogP) is 3.23. The third kappa shape index (κ3) is 2.09. The normalized spacial score (nSPS) is 21.5. The van der Waals surface area contributed by atoms with E-state index in [1.165, 1.54) is 18.6 Å². The number of hydrogen-bond donors (Lipinski definition) is 1. The van der Waals surface area contributed by atoms with Gasteiger partial charge in [-0.05, 0) is 37.0 Å². The summed E-state index contributed by atoms with van der Waals surface area (Å²) < 4.78 is 28.4. The van der Waals surface area contributed by atoms with Crippen LogP contribution >= 0.6 is 0 Å². The minimum atomic E-state index is -0.818. The van der Waals surface area contributed by atoms with Crippen molar-refractivity contribution in [2.45, 2.75) is 37.6 Å². The summed E-state index contributed by atoms with van der Waals surface area (Å²) >= 11 is 0. The van der Waals surface area contributed by atoms with Gasteiger partial charge in [-0.1, -0.05) is 12.5 Å². The molecule has 0 saturated heterocycles. The van der Waals surface area contributed by atoms with E-state index in [1.54, 1.807) is 6.07 Å². The third-order valence-corrected chi connectivity index (χ3v) is 4.44. The van der Waals surface area contributed by atoms with E-state index in [1.807, 2.05) is 4.68 Å². The van der Waals surface area contributed by atoms with Crippen molar-refractivity contribution in [2.24, 2.45) is 0 Å². The van der Waals surface area contributed by atoms with Crippen LogP contribution in [-0.4, -0.2) is 21.3 Å². The average molecular weight is 290 g/mol. The first kappa shape index (κ1) is 12.7. The van der Waals surface area contributed by atoms with Gasteiger partial charge in [0, 0.05) is 12.5 Å². The summed E-state index contributed by atoms with van der Waals surface area (Å²) in [5.41, 5.74) is 0.738. The Morgan fingerprint density at radius 2 is 2.00 bits per heavy atom. The lowest BCUT2D eigenvalue weighted by Crippen LogP contribution is -2.25.